The lowest BCUT2D eigenvalue weighted by molar-refractivity contribution is 0.0402. The van der Waals surface area contributed by atoms with Crippen LogP contribution in [0.4, 0.5) is 8.78 Å². The summed E-state index contributed by atoms with van der Waals surface area (Å²) in [4.78, 5) is 20.1. The first kappa shape index (κ1) is 21.0. The molecule has 158 valence electrons. The van der Waals surface area contributed by atoms with Gasteiger partial charge in [-0.1, -0.05) is 53.2 Å². The number of halogens is 3. The van der Waals surface area contributed by atoms with E-state index >= 15 is 0 Å². The van der Waals surface area contributed by atoms with Gasteiger partial charge in [-0.05, 0) is 47.5 Å². The van der Waals surface area contributed by atoms with E-state index in [0.717, 1.165) is 11.3 Å². The number of hydrogen-bond donors (Lipinski definition) is 0. The van der Waals surface area contributed by atoms with E-state index in [4.69, 9.17) is 16.4 Å². The fourth-order valence-electron chi connectivity index (χ4n) is 3.46. The van der Waals surface area contributed by atoms with Gasteiger partial charge in [0.2, 0.25) is 0 Å². The van der Waals surface area contributed by atoms with Crippen LogP contribution in [0.15, 0.2) is 78.0 Å². The van der Waals surface area contributed by atoms with E-state index in [0.29, 0.717) is 17.0 Å². The Hall–Kier alpha value is -3.25. The van der Waals surface area contributed by atoms with Crippen molar-refractivity contribution in [3.05, 3.63) is 106 Å². The zero-order chi connectivity index (χ0) is 21.8. The molecule has 4 rings (SSSR count). The predicted octanol–water partition coefficient (Wildman–Crippen LogP) is 5.45. The van der Waals surface area contributed by atoms with Gasteiger partial charge in [-0.3, -0.25) is 4.79 Å². The molecule has 0 saturated carbocycles. The first-order valence-corrected chi connectivity index (χ1v) is 10.1. The molecule has 0 fully saturated rings. The molecule has 1 heterocycles. The van der Waals surface area contributed by atoms with Gasteiger partial charge in [0.1, 0.15) is 11.6 Å². The summed E-state index contributed by atoms with van der Waals surface area (Å²) in [6, 6.07) is 19.0. The van der Waals surface area contributed by atoms with E-state index in [1.54, 1.807) is 30.3 Å². The summed E-state index contributed by atoms with van der Waals surface area (Å²) in [5, 5.41) is 4.76. The van der Waals surface area contributed by atoms with Crippen molar-refractivity contribution in [2.75, 3.05) is 6.54 Å². The van der Waals surface area contributed by atoms with Gasteiger partial charge in [-0.25, -0.2) is 8.78 Å². The second-order valence-electron chi connectivity index (χ2n) is 7.27. The molecule has 0 spiro atoms. The number of carbonyl (C=O) groups excluding carboxylic acids is 1. The average molecular weight is 441 g/mol. The number of nitrogens with zero attached hydrogens (tertiary/aromatic N) is 2. The van der Waals surface area contributed by atoms with Crippen molar-refractivity contribution in [2.45, 2.75) is 19.1 Å². The van der Waals surface area contributed by atoms with Crippen molar-refractivity contribution in [1.82, 2.24) is 4.90 Å². The molecule has 0 aliphatic carbocycles. The minimum atomic E-state index is -0.609. The van der Waals surface area contributed by atoms with Crippen molar-refractivity contribution in [2.24, 2.45) is 5.16 Å². The fraction of sp³-hybridized carbons (Fsp3) is 0.167. The van der Waals surface area contributed by atoms with Crippen LogP contribution in [0.5, 0.6) is 0 Å². The maximum absolute atomic E-state index is 14.3. The number of amides is 1. The largest absolute Gasteiger partial charge is 0.390 e. The molecule has 0 radical (unpaired) electrons. The Labute approximate surface area is 183 Å². The summed E-state index contributed by atoms with van der Waals surface area (Å²) in [6.45, 7) is 0.283. The van der Waals surface area contributed by atoms with Crippen LogP contribution in [0.25, 0.3) is 0 Å². The number of benzene rings is 3. The smallest absolute Gasteiger partial charge is 0.257 e. The molecule has 1 amide bonds. The van der Waals surface area contributed by atoms with E-state index < -0.39 is 23.6 Å². The highest BCUT2D eigenvalue weighted by Crippen LogP contribution is 2.22. The Morgan fingerprint density at radius 3 is 2.58 bits per heavy atom. The fourth-order valence-corrected chi connectivity index (χ4v) is 3.59. The number of rotatable bonds is 6. The summed E-state index contributed by atoms with van der Waals surface area (Å²) >= 11 is 5.94. The van der Waals surface area contributed by atoms with Gasteiger partial charge in [-0.15, -0.1) is 0 Å². The molecule has 0 bridgehead atoms. The van der Waals surface area contributed by atoms with Crippen molar-refractivity contribution in [3.63, 3.8) is 0 Å². The Morgan fingerprint density at radius 2 is 1.84 bits per heavy atom. The van der Waals surface area contributed by atoms with Gasteiger partial charge < -0.3 is 9.74 Å². The molecule has 4 nitrogen and oxygen atoms in total. The topological polar surface area (TPSA) is 41.9 Å². The van der Waals surface area contributed by atoms with Crippen LogP contribution < -0.4 is 0 Å². The normalized spacial score (nSPS) is 15.3. The maximum Gasteiger partial charge on any atom is 0.257 e. The third kappa shape index (κ3) is 5.09. The highest BCUT2D eigenvalue weighted by molar-refractivity contribution is 6.30. The molecule has 0 N–H and O–H groups in total. The van der Waals surface area contributed by atoms with Gasteiger partial charge in [0.15, 0.2) is 6.10 Å². The van der Waals surface area contributed by atoms with Gasteiger partial charge in [0.05, 0.1) is 17.8 Å². The molecule has 0 unspecified atom stereocenters. The number of hydrogen-bond acceptors (Lipinski definition) is 3. The Morgan fingerprint density at radius 1 is 1.06 bits per heavy atom. The van der Waals surface area contributed by atoms with E-state index in [-0.39, 0.29) is 18.7 Å². The van der Waals surface area contributed by atoms with E-state index in [9.17, 15) is 13.6 Å². The molecular formula is C24H19ClF2N2O2. The lowest BCUT2D eigenvalue weighted by atomic mass is 10.0. The second-order valence-corrected chi connectivity index (χ2v) is 7.71. The highest BCUT2D eigenvalue weighted by atomic mass is 35.5. The zero-order valence-corrected chi connectivity index (χ0v) is 17.2. The van der Waals surface area contributed by atoms with Crippen LogP contribution in [0.3, 0.4) is 0 Å². The van der Waals surface area contributed by atoms with Gasteiger partial charge >= 0.3 is 0 Å². The Kier molecular flexibility index (Phi) is 6.28. The van der Waals surface area contributed by atoms with Gasteiger partial charge in [-0.2, -0.15) is 0 Å². The Balaban J connectivity index is 1.53. The van der Waals surface area contributed by atoms with Crippen molar-refractivity contribution < 1.29 is 18.4 Å². The number of oxime groups is 1. The van der Waals surface area contributed by atoms with E-state index in [2.05, 4.69) is 5.16 Å². The van der Waals surface area contributed by atoms with Crippen LogP contribution >= 0.6 is 11.6 Å². The molecular weight excluding hydrogens is 422 g/mol. The summed E-state index contributed by atoms with van der Waals surface area (Å²) < 4.78 is 27.9. The molecule has 0 aromatic heterocycles. The standard InChI is InChI=1S/C24H19ClF2N2O2/c25-18-10-8-17(9-11-18)23-13-20(31-28-23)15-29(14-16-4-3-5-19(26)12-16)24(30)21-6-1-2-7-22(21)27/h1-12,20H,13-15H2/t20-/m0/s1. The number of carbonyl (C=O) groups is 1. The molecule has 7 heteroatoms. The van der Waals surface area contributed by atoms with Crippen LogP contribution in [0.1, 0.15) is 27.9 Å². The predicted molar refractivity (Wildman–Crippen MR) is 115 cm³/mol. The van der Waals surface area contributed by atoms with Crippen molar-refractivity contribution in [1.29, 1.82) is 0 Å². The Bertz CT molecular complexity index is 1120. The lowest BCUT2D eigenvalue weighted by Crippen LogP contribution is -2.37. The molecule has 3 aromatic rings. The monoisotopic (exact) mass is 440 g/mol. The van der Waals surface area contributed by atoms with Crippen LogP contribution in [-0.2, 0) is 11.4 Å². The quantitative estimate of drug-likeness (QED) is 0.511. The highest BCUT2D eigenvalue weighted by Gasteiger charge is 2.28. The zero-order valence-electron chi connectivity index (χ0n) is 16.5. The second kappa shape index (κ2) is 9.27. The van der Waals surface area contributed by atoms with Crippen LogP contribution in [-0.4, -0.2) is 29.2 Å². The summed E-state index contributed by atoms with van der Waals surface area (Å²) in [7, 11) is 0. The maximum atomic E-state index is 14.3. The summed E-state index contributed by atoms with van der Waals surface area (Å²) in [5.74, 6) is -1.51. The van der Waals surface area contributed by atoms with Crippen molar-refractivity contribution in [3.8, 4) is 0 Å². The third-order valence-electron chi connectivity index (χ3n) is 4.99. The van der Waals surface area contributed by atoms with E-state index in [1.807, 2.05) is 12.1 Å². The molecule has 1 aliphatic rings. The van der Waals surface area contributed by atoms with E-state index in [1.165, 1.54) is 35.2 Å². The third-order valence-corrected chi connectivity index (χ3v) is 5.24. The molecule has 0 saturated heterocycles. The molecule has 1 atom stereocenters. The molecule has 1 aliphatic heterocycles. The van der Waals surface area contributed by atoms with Crippen LogP contribution in [0, 0.1) is 11.6 Å². The SMILES string of the molecule is O=C(c1ccccc1F)N(Cc1cccc(F)c1)C[C@@H]1CC(c2ccc(Cl)cc2)=NO1. The van der Waals surface area contributed by atoms with Crippen LogP contribution in [0.2, 0.25) is 5.02 Å². The lowest BCUT2D eigenvalue weighted by Gasteiger charge is -2.25. The molecule has 31 heavy (non-hydrogen) atoms. The average Bonchev–Trinajstić information content (AvgIpc) is 3.22. The molecule has 3 aromatic carbocycles. The summed E-state index contributed by atoms with van der Waals surface area (Å²) in [6.07, 6.45) is 0.0706. The first-order valence-electron chi connectivity index (χ1n) is 9.76. The van der Waals surface area contributed by atoms with Gasteiger partial charge in [0, 0.05) is 18.0 Å². The first-order chi connectivity index (χ1) is 15.0. The summed E-state index contributed by atoms with van der Waals surface area (Å²) in [5.41, 5.74) is 2.17. The minimum Gasteiger partial charge on any atom is -0.390 e. The van der Waals surface area contributed by atoms with Gasteiger partial charge in [0.25, 0.3) is 5.91 Å². The minimum absolute atomic E-state index is 0.0456. The van der Waals surface area contributed by atoms with Crippen molar-refractivity contribution >= 4 is 23.2 Å².